The van der Waals surface area contributed by atoms with Crippen LogP contribution in [0.15, 0.2) is 42.5 Å². The van der Waals surface area contributed by atoms with E-state index in [1.165, 1.54) is 5.39 Å². The molecule has 0 bridgehead atoms. The van der Waals surface area contributed by atoms with E-state index >= 15 is 0 Å². The van der Waals surface area contributed by atoms with E-state index in [4.69, 9.17) is 0 Å². The van der Waals surface area contributed by atoms with Crippen LogP contribution in [-0.2, 0) is 4.79 Å². The molecular formula is C22H31N3O. The minimum atomic E-state index is -0.0942. The molecular weight excluding hydrogens is 322 g/mol. The molecule has 1 unspecified atom stereocenters. The zero-order chi connectivity index (χ0) is 18.7. The maximum atomic E-state index is 13.3. The average molecular weight is 354 g/mol. The summed E-state index contributed by atoms with van der Waals surface area (Å²) < 4.78 is 0. The van der Waals surface area contributed by atoms with Crippen molar-refractivity contribution in [2.75, 3.05) is 37.6 Å². The quantitative estimate of drug-likeness (QED) is 0.822. The van der Waals surface area contributed by atoms with E-state index in [-0.39, 0.29) is 11.9 Å². The molecule has 0 spiro atoms. The number of anilines is 1. The van der Waals surface area contributed by atoms with Crippen molar-refractivity contribution >= 4 is 22.4 Å². The van der Waals surface area contributed by atoms with Gasteiger partial charge >= 0.3 is 0 Å². The number of fused-ring (bicyclic) bond motifs is 1. The van der Waals surface area contributed by atoms with Gasteiger partial charge in [0.15, 0.2) is 0 Å². The van der Waals surface area contributed by atoms with E-state index in [0.29, 0.717) is 12.6 Å². The number of nitrogens with zero attached hydrogens (tertiary/aromatic N) is 3. The Kier molecular flexibility index (Phi) is 5.94. The molecule has 3 rings (SSSR count). The van der Waals surface area contributed by atoms with Gasteiger partial charge in [-0.2, -0.15) is 0 Å². The van der Waals surface area contributed by atoms with E-state index in [2.05, 4.69) is 61.8 Å². The average Bonchev–Trinajstić information content (AvgIpc) is 2.68. The van der Waals surface area contributed by atoms with Gasteiger partial charge in [0.2, 0.25) is 5.91 Å². The summed E-state index contributed by atoms with van der Waals surface area (Å²) in [6.45, 7) is 13.3. The molecule has 1 amide bonds. The van der Waals surface area contributed by atoms with Gasteiger partial charge in [-0.1, -0.05) is 36.4 Å². The Morgan fingerprint density at radius 1 is 0.962 bits per heavy atom. The fraction of sp³-hybridized carbons (Fsp3) is 0.500. The molecule has 2 aromatic carbocycles. The summed E-state index contributed by atoms with van der Waals surface area (Å²) in [7, 11) is 0. The van der Waals surface area contributed by atoms with Crippen LogP contribution in [0.3, 0.4) is 0 Å². The number of piperazine rings is 1. The monoisotopic (exact) mass is 353 g/mol. The fourth-order valence-electron chi connectivity index (χ4n) is 3.91. The molecule has 0 radical (unpaired) electrons. The molecule has 1 aliphatic heterocycles. The summed E-state index contributed by atoms with van der Waals surface area (Å²) in [6.07, 6.45) is 0. The number of hydrogen-bond acceptors (Lipinski definition) is 3. The van der Waals surface area contributed by atoms with Crippen LogP contribution >= 0.6 is 0 Å². The lowest BCUT2D eigenvalue weighted by Gasteiger charge is -2.40. The standard InChI is InChI=1S/C22H31N3O/c1-5-25(21-12-8-10-19-9-6-7-11-20(19)21)22(26)18(4)24-15-13-23(14-16-24)17(2)3/h6-12,17-18H,5,13-16H2,1-4H3. The first kappa shape index (κ1) is 18.9. The number of carbonyl (C=O) groups is 1. The number of hydrogen-bond donors (Lipinski definition) is 0. The summed E-state index contributed by atoms with van der Waals surface area (Å²) in [6, 6.07) is 15.0. The van der Waals surface area contributed by atoms with Crippen LogP contribution < -0.4 is 4.90 Å². The van der Waals surface area contributed by atoms with Crippen LogP contribution in [0.4, 0.5) is 5.69 Å². The molecule has 4 nitrogen and oxygen atoms in total. The molecule has 1 atom stereocenters. The van der Waals surface area contributed by atoms with Crippen molar-refractivity contribution in [3.05, 3.63) is 42.5 Å². The summed E-state index contributed by atoms with van der Waals surface area (Å²) in [5.41, 5.74) is 1.02. The molecule has 0 saturated carbocycles. The van der Waals surface area contributed by atoms with Crippen molar-refractivity contribution in [1.29, 1.82) is 0 Å². The maximum Gasteiger partial charge on any atom is 0.244 e. The number of benzene rings is 2. The minimum Gasteiger partial charge on any atom is -0.311 e. The molecule has 1 saturated heterocycles. The lowest BCUT2D eigenvalue weighted by atomic mass is 10.1. The second kappa shape index (κ2) is 8.19. The molecule has 1 fully saturated rings. The Hall–Kier alpha value is -1.91. The van der Waals surface area contributed by atoms with E-state index in [0.717, 1.165) is 37.3 Å². The van der Waals surface area contributed by atoms with Gasteiger partial charge in [-0.3, -0.25) is 14.6 Å². The highest BCUT2D eigenvalue weighted by molar-refractivity contribution is 6.05. The summed E-state index contributed by atoms with van der Waals surface area (Å²) in [5, 5.41) is 2.32. The van der Waals surface area contributed by atoms with Gasteiger partial charge in [0.1, 0.15) is 0 Å². The SMILES string of the molecule is CCN(C(=O)C(C)N1CCN(C(C)C)CC1)c1cccc2ccccc12. The van der Waals surface area contributed by atoms with Gasteiger partial charge in [-0.25, -0.2) is 0 Å². The molecule has 0 aromatic heterocycles. The lowest BCUT2D eigenvalue weighted by molar-refractivity contribution is -0.124. The predicted molar refractivity (Wildman–Crippen MR) is 110 cm³/mol. The first-order valence-electron chi connectivity index (χ1n) is 9.80. The summed E-state index contributed by atoms with van der Waals surface area (Å²) in [5.74, 6) is 0.196. The van der Waals surface area contributed by atoms with Crippen LogP contribution in [0.2, 0.25) is 0 Å². The second-order valence-corrected chi connectivity index (χ2v) is 7.42. The number of likely N-dealkylation sites (N-methyl/N-ethyl adjacent to an activating group) is 1. The number of amides is 1. The van der Waals surface area contributed by atoms with Crippen molar-refractivity contribution in [2.45, 2.75) is 39.8 Å². The Balaban J connectivity index is 1.78. The highest BCUT2D eigenvalue weighted by Gasteiger charge is 2.29. The molecule has 1 aliphatic rings. The molecule has 4 heteroatoms. The molecule has 1 heterocycles. The molecule has 0 aliphatic carbocycles. The Morgan fingerprint density at radius 3 is 2.23 bits per heavy atom. The Morgan fingerprint density at radius 2 is 1.58 bits per heavy atom. The first-order valence-corrected chi connectivity index (χ1v) is 9.80. The third kappa shape index (κ3) is 3.76. The smallest absolute Gasteiger partial charge is 0.244 e. The highest BCUT2D eigenvalue weighted by Crippen LogP contribution is 2.27. The third-order valence-corrected chi connectivity index (χ3v) is 5.62. The molecule has 26 heavy (non-hydrogen) atoms. The topological polar surface area (TPSA) is 26.8 Å². The highest BCUT2D eigenvalue weighted by atomic mass is 16.2. The molecule has 2 aromatic rings. The lowest BCUT2D eigenvalue weighted by Crippen LogP contribution is -2.55. The van der Waals surface area contributed by atoms with Gasteiger partial charge in [-0.05, 0) is 39.1 Å². The largest absolute Gasteiger partial charge is 0.311 e. The van der Waals surface area contributed by atoms with Crippen molar-refractivity contribution in [1.82, 2.24) is 9.80 Å². The molecule has 140 valence electrons. The third-order valence-electron chi connectivity index (χ3n) is 5.62. The number of carbonyl (C=O) groups excluding carboxylic acids is 1. The van der Waals surface area contributed by atoms with E-state index in [9.17, 15) is 4.79 Å². The first-order chi connectivity index (χ1) is 12.5. The van der Waals surface area contributed by atoms with Crippen molar-refractivity contribution in [3.8, 4) is 0 Å². The van der Waals surface area contributed by atoms with Gasteiger partial charge in [0.25, 0.3) is 0 Å². The van der Waals surface area contributed by atoms with Crippen LogP contribution in [0.25, 0.3) is 10.8 Å². The zero-order valence-electron chi connectivity index (χ0n) is 16.5. The van der Waals surface area contributed by atoms with Crippen LogP contribution in [0, 0.1) is 0 Å². The van der Waals surface area contributed by atoms with E-state index < -0.39 is 0 Å². The second-order valence-electron chi connectivity index (χ2n) is 7.42. The van der Waals surface area contributed by atoms with Crippen molar-refractivity contribution < 1.29 is 4.79 Å². The minimum absolute atomic E-state index is 0.0942. The zero-order valence-corrected chi connectivity index (χ0v) is 16.5. The van der Waals surface area contributed by atoms with Crippen LogP contribution in [0.1, 0.15) is 27.7 Å². The molecule has 0 N–H and O–H groups in total. The normalized spacial score (nSPS) is 17.6. The summed E-state index contributed by atoms with van der Waals surface area (Å²) >= 11 is 0. The Labute approximate surface area is 157 Å². The Bertz CT molecular complexity index is 745. The van der Waals surface area contributed by atoms with E-state index in [1.807, 2.05) is 23.1 Å². The van der Waals surface area contributed by atoms with Crippen LogP contribution in [0.5, 0.6) is 0 Å². The van der Waals surface area contributed by atoms with Gasteiger partial charge < -0.3 is 4.90 Å². The van der Waals surface area contributed by atoms with Crippen LogP contribution in [-0.4, -0.2) is 60.5 Å². The number of rotatable bonds is 5. The van der Waals surface area contributed by atoms with Crippen molar-refractivity contribution in [3.63, 3.8) is 0 Å². The van der Waals surface area contributed by atoms with Crippen molar-refractivity contribution in [2.24, 2.45) is 0 Å². The predicted octanol–water partition coefficient (Wildman–Crippen LogP) is 3.61. The van der Waals surface area contributed by atoms with Gasteiger partial charge in [0, 0.05) is 44.2 Å². The summed E-state index contributed by atoms with van der Waals surface area (Å²) in [4.78, 5) is 20.1. The maximum absolute atomic E-state index is 13.3. The van der Waals surface area contributed by atoms with E-state index in [1.54, 1.807) is 0 Å². The fourth-order valence-corrected chi connectivity index (χ4v) is 3.91. The van der Waals surface area contributed by atoms with Gasteiger partial charge in [-0.15, -0.1) is 0 Å². The van der Waals surface area contributed by atoms with Gasteiger partial charge in [0.05, 0.1) is 11.7 Å².